The van der Waals surface area contributed by atoms with E-state index in [0.717, 1.165) is 6.42 Å². The number of carboxylic acid groups (broad SMARTS) is 1. The van der Waals surface area contributed by atoms with Gasteiger partial charge in [-0.2, -0.15) is 5.10 Å². The fourth-order valence-electron chi connectivity index (χ4n) is 2.47. The van der Waals surface area contributed by atoms with Gasteiger partial charge in [0.2, 0.25) is 5.91 Å². The van der Waals surface area contributed by atoms with Crippen LogP contribution in [0.3, 0.4) is 0 Å². The van der Waals surface area contributed by atoms with Crippen LogP contribution in [0.15, 0.2) is 30.3 Å². The van der Waals surface area contributed by atoms with Crippen molar-refractivity contribution in [2.45, 2.75) is 19.3 Å². The van der Waals surface area contributed by atoms with Gasteiger partial charge in [-0.15, -0.1) is 0 Å². The second-order valence-corrected chi connectivity index (χ2v) is 5.32. The lowest BCUT2D eigenvalue weighted by molar-refractivity contribution is -0.117. The number of aromatic nitrogens is 2. The van der Waals surface area contributed by atoms with Crippen molar-refractivity contribution in [3.8, 4) is 0 Å². The van der Waals surface area contributed by atoms with E-state index in [1.165, 1.54) is 17.2 Å². The average Bonchev–Trinajstić information content (AvgIpc) is 3.11. The first-order valence-electron chi connectivity index (χ1n) is 6.70. The molecule has 1 saturated carbocycles. The molecule has 0 spiro atoms. The summed E-state index contributed by atoms with van der Waals surface area (Å²) in [4.78, 5) is 22.8. The predicted molar refractivity (Wildman–Crippen MR) is 76.2 cm³/mol. The molecule has 1 aromatic heterocycles. The molecule has 0 bridgehead atoms. The number of hydrogen-bond donors (Lipinski definition) is 3. The molecule has 3 N–H and O–H groups in total. The van der Waals surface area contributed by atoms with Gasteiger partial charge in [0.1, 0.15) is 5.69 Å². The highest BCUT2D eigenvalue weighted by Crippen LogP contribution is 2.48. The summed E-state index contributed by atoms with van der Waals surface area (Å²) in [5.74, 6) is -0.816. The molecular formula is C15H15N3O3. The van der Waals surface area contributed by atoms with Crippen LogP contribution < -0.4 is 5.32 Å². The van der Waals surface area contributed by atoms with Gasteiger partial charge in [0.25, 0.3) is 0 Å². The van der Waals surface area contributed by atoms with E-state index in [1.54, 1.807) is 0 Å². The molecule has 2 atom stereocenters. The molecule has 21 heavy (non-hydrogen) atoms. The van der Waals surface area contributed by atoms with Crippen LogP contribution in [-0.2, 0) is 4.79 Å². The van der Waals surface area contributed by atoms with Gasteiger partial charge in [0.05, 0.1) is 0 Å². The maximum absolute atomic E-state index is 12.1. The molecule has 6 heteroatoms. The number of anilines is 1. The topological polar surface area (TPSA) is 95.1 Å². The monoisotopic (exact) mass is 285 g/mol. The third-order valence-electron chi connectivity index (χ3n) is 3.66. The molecular weight excluding hydrogens is 270 g/mol. The van der Waals surface area contributed by atoms with Crippen molar-refractivity contribution in [3.05, 3.63) is 47.2 Å². The maximum Gasteiger partial charge on any atom is 0.353 e. The zero-order valence-corrected chi connectivity index (χ0v) is 11.5. The molecule has 1 amide bonds. The standard InChI is InChI=1S/C15H15N3O3/c1-8-3-2-4-9(5-8)10-6-11(10)14(19)16-13-7-12(15(20)21)17-18-13/h2-5,7,10-11H,6H2,1H3,(H,20,21)(H2,16,17,18,19)/t10-,11+/m0/s1. The van der Waals surface area contributed by atoms with E-state index in [0.29, 0.717) is 0 Å². The van der Waals surface area contributed by atoms with Gasteiger partial charge < -0.3 is 10.4 Å². The highest BCUT2D eigenvalue weighted by molar-refractivity contribution is 5.95. The van der Waals surface area contributed by atoms with Gasteiger partial charge in [-0.3, -0.25) is 9.89 Å². The van der Waals surface area contributed by atoms with Gasteiger partial charge in [0.15, 0.2) is 5.82 Å². The van der Waals surface area contributed by atoms with Crippen LogP contribution in [0.4, 0.5) is 5.82 Å². The zero-order valence-electron chi connectivity index (χ0n) is 11.5. The van der Waals surface area contributed by atoms with Gasteiger partial charge in [-0.25, -0.2) is 4.79 Å². The summed E-state index contributed by atoms with van der Waals surface area (Å²) in [5, 5.41) is 17.6. The van der Waals surface area contributed by atoms with Crippen molar-refractivity contribution in [2.75, 3.05) is 5.32 Å². The Kier molecular flexibility index (Phi) is 3.21. The number of nitrogens with zero attached hydrogens (tertiary/aromatic N) is 1. The third-order valence-corrected chi connectivity index (χ3v) is 3.66. The van der Waals surface area contributed by atoms with E-state index in [9.17, 15) is 9.59 Å². The molecule has 0 saturated heterocycles. The lowest BCUT2D eigenvalue weighted by Gasteiger charge is -2.02. The van der Waals surface area contributed by atoms with Gasteiger partial charge in [-0.1, -0.05) is 29.8 Å². The minimum atomic E-state index is -1.10. The van der Waals surface area contributed by atoms with E-state index >= 15 is 0 Å². The Morgan fingerprint density at radius 3 is 2.86 bits per heavy atom. The molecule has 0 radical (unpaired) electrons. The molecule has 6 nitrogen and oxygen atoms in total. The summed E-state index contributed by atoms with van der Waals surface area (Å²) < 4.78 is 0. The van der Waals surface area contributed by atoms with E-state index in [4.69, 9.17) is 5.11 Å². The zero-order chi connectivity index (χ0) is 15.0. The van der Waals surface area contributed by atoms with Gasteiger partial charge in [0, 0.05) is 12.0 Å². The summed E-state index contributed by atoms with van der Waals surface area (Å²) in [6, 6.07) is 9.45. The number of aromatic amines is 1. The number of aromatic carboxylic acids is 1. The smallest absolute Gasteiger partial charge is 0.353 e. The molecule has 1 fully saturated rings. The van der Waals surface area contributed by atoms with Crippen molar-refractivity contribution in [1.29, 1.82) is 0 Å². The predicted octanol–water partition coefficient (Wildman–Crippen LogP) is 2.16. The maximum atomic E-state index is 12.1. The van der Waals surface area contributed by atoms with Crippen LogP contribution in [0.2, 0.25) is 0 Å². The number of aryl methyl sites for hydroxylation is 1. The highest BCUT2D eigenvalue weighted by atomic mass is 16.4. The summed E-state index contributed by atoms with van der Waals surface area (Å²) in [6.07, 6.45) is 0.811. The van der Waals surface area contributed by atoms with Crippen LogP contribution in [-0.4, -0.2) is 27.2 Å². The van der Waals surface area contributed by atoms with Crippen molar-refractivity contribution in [3.63, 3.8) is 0 Å². The van der Waals surface area contributed by atoms with Crippen molar-refractivity contribution in [1.82, 2.24) is 10.2 Å². The van der Waals surface area contributed by atoms with E-state index < -0.39 is 5.97 Å². The number of H-pyrrole nitrogens is 1. The Labute approximate surface area is 121 Å². The van der Waals surface area contributed by atoms with Crippen LogP contribution in [0, 0.1) is 12.8 Å². The first kappa shape index (κ1) is 13.4. The average molecular weight is 285 g/mol. The number of hydrogen-bond acceptors (Lipinski definition) is 3. The Hall–Kier alpha value is -2.63. The number of rotatable bonds is 4. The number of carbonyl (C=O) groups excluding carboxylic acids is 1. The first-order chi connectivity index (χ1) is 10.0. The Bertz CT molecular complexity index is 708. The van der Waals surface area contributed by atoms with E-state index in [-0.39, 0.29) is 29.3 Å². The largest absolute Gasteiger partial charge is 0.477 e. The normalized spacial score (nSPS) is 20.0. The fraction of sp³-hybridized carbons (Fsp3) is 0.267. The molecule has 2 aromatic rings. The Balaban J connectivity index is 1.63. The second kappa shape index (κ2) is 5.05. The van der Waals surface area contributed by atoms with Crippen molar-refractivity contribution < 1.29 is 14.7 Å². The SMILES string of the molecule is Cc1cccc([C@@H]2C[C@H]2C(=O)Nc2cc(C(=O)O)[nH]n2)c1. The quantitative estimate of drug-likeness (QED) is 0.802. The van der Waals surface area contributed by atoms with Crippen LogP contribution in [0.1, 0.15) is 34.0 Å². The summed E-state index contributed by atoms with van der Waals surface area (Å²) >= 11 is 0. The van der Waals surface area contributed by atoms with Gasteiger partial charge in [-0.05, 0) is 24.8 Å². The fourth-order valence-corrected chi connectivity index (χ4v) is 2.47. The lowest BCUT2D eigenvalue weighted by atomic mass is 10.1. The highest BCUT2D eigenvalue weighted by Gasteiger charge is 2.44. The molecule has 1 aliphatic carbocycles. The molecule has 1 heterocycles. The molecule has 3 rings (SSSR count). The number of carbonyl (C=O) groups is 2. The van der Waals surface area contributed by atoms with Gasteiger partial charge >= 0.3 is 5.97 Å². The molecule has 0 aliphatic heterocycles. The third kappa shape index (κ3) is 2.79. The van der Waals surface area contributed by atoms with Crippen LogP contribution >= 0.6 is 0 Å². The van der Waals surface area contributed by atoms with Crippen LogP contribution in [0.25, 0.3) is 0 Å². The van der Waals surface area contributed by atoms with Crippen LogP contribution in [0.5, 0.6) is 0 Å². The lowest BCUT2D eigenvalue weighted by Crippen LogP contribution is -2.14. The summed E-state index contributed by atoms with van der Waals surface area (Å²) in [5.41, 5.74) is 2.30. The van der Waals surface area contributed by atoms with Crippen molar-refractivity contribution >= 4 is 17.7 Å². The molecule has 0 unspecified atom stereocenters. The number of nitrogens with one attached hydrogen (secondary N) is 2. The first-order valence-corrected chi connectivity index (χ1v) is 6.70. The Morgan fingerprint density at radius 2 is 2.19 bits per heavy atom. The van der Waals surface area contributed by atoms with E-state index in [1.807, 2.05) is 25.1 Å². The second-order valence-electron chi connectivity index (χ2n) is 5.32. The summed E-state index contributed by atoms with van der Waals surface area (Å²) in [6.45, 7) is 2.03. The number of benzene rings is 1. The molecule has 108 valence electrons. The van der Waals surface area contributed by atoms with Crippen molar-refractivity contribution in [2.24, 2.45) is 5.92 Å². The summed E-state index contributed by atoms with van der Waals surface area (Å²) in [7, 11) is 0. The number of carboxylic acids is 1. The number of amides is 1. The minimum Gasteiger partial charge on any atom is -0.477 e. The molecule has 1 aromatic carbocycles. The Morgan fingerprint density at radius 1 is 1.38 bits per heavy atom. The van der Waals surface area contributed by atoms with E-state index in [2.05, 4.69) is 21.6 Å². The molecule has 1 aliphatic rings. The minimum absolute atomic E-state index is 0.0451.